The van der Waals surface area contributed by atoms with Crippen LogP contribution < -0.4 is 24.8 Å². The highest BCUT2D eigenvalue weighted by molar-refractivity contribution is 7.91. The largest absolute Gasteiger partial charge is 0.497 e. The van der Waals surface area contributed by atoms with E-state index in [0.717, 1.165) is 4.90 Å². The van der Waals surface area contributed by atoms with E-state index in [1.54, 1.807) is 26.8 Å². The van der Waals surface area contributed by atoms with Gasteiger partial charge in [-0.05, 0) is 84.3 Å². The Hall–Kier alpha value is -4.72. The van der Waals surface area contributed by atoms with Crippen LogP contribution in [0.25, 0.3) is 11.0 Å². The van der Waals surface area contributed by atoms with Gasteiger partial charge in [0.15, 0.2) is 0 Å². The van der Waals surface area contributed by atoms with Crippen molar-refractivity contribution in [3.8, 4) is 11.6 Å². The molecule has 1 aromatic heterocycles. The molecular formula is C40H53F3N6O10S. The Morgan fingerprint density at radius 1 is 1.07 bits per heavy atom. The second-order valence-electron chi connectivity index (χ2n) is 17.6. The molecule has 2 aromatic rings. The molecule has 2 aliphatic carbocycles. The molecule has 7 atom stereocenters. The van der Waals surface area contributed by atoms with E-state index < -0.39 is 104 Å². The van der Waals surface area contributed by atoms with Crippen molar-refractivity contribution in [2.45, 2.75) is 120 Å². The first kappa shape index (κ1) is 44.8. The summed E-state index contributed by atoms with van der Waals surface area (Å²) in [6.07, 6.45) is -1.72. The molecule has 16 nitrogen and oxygen atoms in total. The molecule has 3 fully saturated rings. The SMILES string of the molecule is COC[C@@H]1C[C@@H](C)CC/C=C\[C@H]2C[C@]2(C(=O)NS(=O)(=O)C2(C)CC2)NC(=O)[C@@H]2C[C@@H](Oc3nc4cc(OC)ccc4nc3C(F)(F)F)CN2C(=O)[C@H]1NC(=O)OC(C)(C)C. The van der Waals surface area contributed by atoms with E-state index in [0.29, 0.717) is 37.9 Å². The number of hydrogen-bond acceptors (Lipinski definition) is 12. The summed E-state index contributed by atoms with van der Waals surface area (Å²) in [5, 5.41) is 5.42. The van der Waals surface area contributed by atoms with Crippen molar-refractivity contribution in [3.05, 3.63) is 36.0 Å². The van der Waals surface area contributed by atoms with E-state index >= 15 is 0 Å². The quantitative estimate of drug-likeness (QED) is 0.300. The number of alkyl carbamates (subject to hydrolysis) is 1. The molecule has 330 valence electrons. The first-order valence-corrected chi connectivity index (χ1v) is 21.4. The van der Waals surface area contributed by atoms with Crippen molar-refractivity contribution in [1.29, 1.82) is 0 Å². The summed E-state index contributed by atoms with van der Waals surface area (Å²) in [4.78, 5) is 65.8. The molecule has 3 N–H and O–H groups in total. The molecule has 0 bridgehead atoms. The highest BCUT2D eigenvalue weighted by Gasteiger charge is 2.63. The Morgan fingerprint density at radius 2 is 1.78 bits per heavy atom. The number of carbonyl (C=O) groups excluding carboxylic acids is 4. The normalized spacial score (nSPS) is 28.9. The molecule has 2 aliphatic heterocycles. The minimum atomic E-state index is -5.02. The Morgan fingerprint density at radius 3 is 2.42 bits per heavy atom. The number of alkyl halides is 3. The van der Waals surface area contributed by atoms with Crippen molar-refractivity contribution < 1.29 is 59.7 Å². The molecule has 2 saturated carbocycles. The van der Waals surface area contributed by atoms with Gasteiger partial charge < -0.3 is 34.5 Å². The smallest absolute Gasteiger partial charge is 0.438 e. The zero-order valence-electron chi connectivity index (χ0n) is 34.7. The van der Waals surface area contributed by atoms with Crippen LogP contribution in [0, 0.1) is 17.8 Å². The van der Waals surface area contributed by atoms with Gasteiger partial charge >= 0.3 is 12.3 Å². The molecule has 0 radical (unpaired) electrons. The third kappa shape index (κ3) is 9.74. The fourth-order valence-electron chi connectivity index (χ4n) is 7.80. The van der Waals surface area contributed by atoms with E-state index in [1.165, 1.54) is 39.3 Å². The highest BCUT2D eigenvalue weighted by Crippen LogP contribution is 2.48. The summed E-state index contributed by atoms with van der Waals surface area (Å²) in [6, 6.07) is 1.28. The molecule has 1 saturated heterocycles. The second-order valence-corrected chi connectivity index (χ2v) is 19.7. The monoisotopic (exact) mass is 866 g/mol. The van der Waals surface area contributed by atoms with Crippen LogP contribution in [0.4, 0.5) is 18.0 Å². The van der Waals surface area contributed by atoms with Gasteiger partial charge in [-0.3, -0.25) is 19.1 Å². The minimum Gasteiger partial charge on any atom is -0.497 e. The van der Waals surface area contributed by atoms with E-state index in [4.69, 9.17) is 18.9 Å². The third-order valence-corrected chi connectivity index (χ3v) is 13.7. The number of benzene rings is 1. The molecule has 20 heteroatoms. The molecule has 4 amide bonds. The van der Waals surface area contributed by atoms with Gasteiger partial charge in [-0.1, -0.05) is 19.1 Å². The number of nitrogens with zero attached hydrogens (tertiary/aromatic N) is 3. The van der Waals surface area contributed by atoms with E-state index in [-0.39, 0.29) is 36.4 Å². The van der Waals surface area contributed by atoms with Crippen molar-refractivity contribution in [3.63, 3.8) is 0 Å². The summed E-state index contributed by atoms with van der Waals surface area (Å²) in [7, 11) is -1.31. The number of fused-ring (bicyclic) bond motifs is 3. The number of nitrogens with one attached hydrogen (secondary N) is 3. The zero-order chi connectivity index (χ0) is 44.0. The molecular weight excluding hydrogens is 814 g/mol. The molecule has 60 heavy (non-hydrogen) atoms. The van der Waals surface area contributed by atoms with Gasteiger partial charge in [-0.15, -0.1) is 0 Å². The summed E-state index contributed by atoms with van der Waals surface area (Å²) in [5.41, 5.74) is -4.18. The van der Waals surface area contributed by atoms with Gasteiger partial charge in [-0.25, -0.2) is 23.2 Å². The molecule has 3 heterocycles. The minimum absolute atomic E-state index is 0.000843. The van der Waals surface area contributed by atoms with Gasteiger partial charge in [0.2, 0.25) is 33.4 Å². The maximum atomic E-state index is 15.0. The fourth-order valence-corrected chi connectivity index (χ4v) is 9.11. The predicted molar refractivity (Wildman–Crippen MR) is 210 cm³/mol. The molecule has 4 aliphatic rings. The van der Waals surface area contributed by atoms with E-state index in [2.05, 4.69) is 25.3 Å². The highest BCUT2D eigenvalue weighted by atomic mass is 32.2. The Balaban J connectivity index is 1.41. The van der Waals surface area contributed by atoms with Crippen molar-refractivity contribution in [2.24, 2.45) is 17.8 Å². The first-order chi connectivity index (χ1) is 28.0. The van der Waals surface area contributed by atoms with Crippen LogP contribution in [0.2, 0.25) is 0 Å². The van der Waals surface area contributed by atoms with Crippen LogP contribution in [0.3, 0.4) is 0 Å². The molecule has 6 rings (SSSR count). The molecule has 1 aromatic carbocycles. The number of sulfonamides is 1. The fraction of sp³-hybridized carbons (Fsp3) is 0.650. The van der Waals surface area contributed by atoms with Crippen LogP contribution >= 0.6 is 0 Å². The second kappa shape index (κ2) is 16.6. The molecule has 0 unspecified atom stereocenters. The van der Waals surface area contributed by atoms with E-state index in [1.807, 2.05) is 13.0 Å². The Labute approximate surface area is 346 Å². The van der Waals surface area contributed by atoms with Gasteiger partial charge in [0, 0.05) is 31.4 Å². The maximum Gasteiger partial charge on any atom is 0.438 e. The summed E-state index contributed by atoms with van der Waals surface area (Å²) < 4.78 is 93.2. The van der Waals surface area contributed by atoms with Gasteiger partial charge in [0.1, 0.15) is 35.1 Å². The topological polar surface area (TPSA) is 204 Å². The van der Waals surface area contributed by atoms with Crippen LogP contribution in [-0.2, 0) is 40.1 Å². The number of aromatic nitrogens is 2. The lowest BCUT2D eigenvalue weighted by atomic mass is 9.87. The zero-order valence-corrected chi connectivity index (χ0v) is 35.5. The summed E-state index contributed by atoms with van der Waals surface area (Å²) in [5.74, 6) is -4.53. The Kier molecular flexibility index (Phi) is 12.4. The van der Waals surface area contributed by atoms with Gasteiger partial charge in [0.25, 0.3) is 5.91 Å². The number of methoxy groups -OCH3 is 2. The third-order valence-electron chi connectivity index (χ3n) is 11.5. The van der Waals surface area contributed by atoms with E-state index in [9.17, 15) is 40.8 Å². The number of hydrogen-bond donors (Lipinski definition) is 3. The average molecular weight is 867 g/mol. The number of halogens is 3. The lowest BCUT2D eigenvalue weighted by Crippen LogP contribution is -2.60. The summed E-state index contributed by atoms with van der Waals surface area (Å²) in [6.45, 7) is 7.96. The summed E-state index contributed by atoms with van der Waals surface area (Å²) >= 11 is 0. The van der Waals surface area contributed by atoms with Crippen LogP contribution in [0.15, 0.2) is 30.4 Å². The van der Waals surface area contributed by atoms with Crippen LogP contribution in [-0.4, -0.2) is 109 Å². The van der Waals surface area contributed by atoms with Crippen molar-refractivity contribution >= 4 is 44.9 Å². The lowest BCUT2D eigenvalue weighted by Gasteiger charge is -2.34. The first-order valence-electron chi connectivity index (χ1n) is 19.9. The van der Waals surface area contributed by atoms with Crippen molar-refractivity contribution in [2.75, 3.05) is 27.4 Å². The number of amides is 4. The maximum absolute atomic E-state index is 15.0. The molecule has 0 spiro atoms. The van der Waals surface area contributed by atoms with Gasteiger partial charge in [0.05, 0.1) is 36.0 Å². The standard InChI is InChI=1S/C40H53F3N6O10S/c1-22-10-8-9-11-24-19-39(24,35(52)48-60(54,55)38(5)14-15-38)47-32(50)29-18-26(58-33-31(40(41,42)43)44-27-13-12-25(57-7)17-28(27)45-33)20-49(29)34(51)30(23(16-22)21-56-6)46-36(53)59-37(2,3)4/h9,11-13,17,22-24,26,29-30H,8,10,14-16,18-21H2,1-7H3,(H,46,53)(H,47,50)(H,48,52)/b11-9-/t22-,23-,24-,26+,29-,30-,39-/m0/s1. The number of allylic oxidation sites excluding steroid dienone is 1. The predicted octanol–water partition coefficient (Wildman–Crippen LogP) is 4.41. The van der Waals surface area contributed by atoms with Crippen LogP contribution in [0.1, 0.15) is 85.3 Å². The Bertz CT molecular complexity index is 2140. The average Bonchev–Trinajstić information content (AvgIpc) is 4.03. The van der Waals surface area contributed by atoms with Gasteiger partial charge in [-0.2, -0.15) is 13.2 Å². The van der Waals surface area contributed by atoms with Crippen LogP contribution in [0.5, 0.6) is 11.6 Å². The lowest BCUT2D eigenvalue weighted by molar-refractivity contribution is -0.143. The van der Waals surface area contributed by atoms with Crippen molar-refractivity contribution in [1.82, 2.24) is 30.2 Å². The number of carbonyl (C=O) groups is 4. The number of rotatable bonds is 9. The number of ether oxygens (including phenoxy) is 4.